The zero-order chi connectivity index (χ0) is 17.5. The molecule has 0 spiro atoms. The molecule has 0 radical (unpaired) electrons. The molecule has 26 heavy (non-hydrogen) atoms. The van der Waals surface area contributed by atoms with E-state index in [2.05, 4.69) is 26.2 Å². The van der Waals surface area contributed by atoms with E-state index in [1.807, 2.05) is 24.3 Å². The summed E-state index contributed by atoms with van der Waals surface area (Å²) in [4.78, 5) is 8.32. The van der Waals surface area contributed by atoms with Crippen molar-refractivity contribution in [3.8, 4) is 23.4 Å². The zero-order valence-electron chi connectivity index (χ0n) is 13.6. The Morgan fingerprint density at radius 1 is 1.27 bits per heavy atom. The highest BCUT2D eigenvalue weighted by Gasteiger charge is 2.25. The second-order valence-corrected chi connectivity index (χ2v) is 6.18. The van der Waals surface area contributed by atoms with Crippen LogP contribution in [0.4, 0.5) is 0 Å². The van der Waals surface area contributed by atoms with Gasteiger partial charge in [0.1, 0.15) is 11.8 Å². The molecule has 7 heteroatoms. The first-order valence-corrected chi connectivity index (χ1v) is 8.24. The van der Waals surface area contributed by atoms with Crippen LogP contribution in [0, 0.1) is 11.3 Å². The number of nitriles is 1. The molecule has 0 bridgehead atoms. The van der Waals surface area contributed by atoms with E-state index in [4.69, 9.17) is 14.4 Å². The molecule has 3 heterocycles. The maximum Gasteiger partial charge on any atom is 0.214 e. The van der Waals surface area contributed by atoms with Crippen LogP contribution in [0.5, 0.6) is 5.88 Å². The number of benzene rings is 1. The fourth-order valence-corrected chi connectivity index (χ4v) is 3.40. The van der Waals surface area contributed by atoms with Gasteiger partial charge in [-0.1, -0.05) is 6.07 Å². The fourth-order valence-electron chi connectivity index (χ4n) is 3.40. The number of hydrogen-bond donors (Lipinski definition) is 1. The second kappa shape index (κ2) is 5.70. The van der Waals surface area contributed by atoms with E-state index in [0.29, 0.717) is 22.9 Å². The third-order valence-electron chi connectivity index (χ3n) is 4.65. The van der Waals surface area contributed by atoms with E-state index in [9.17, 15) is 0 Å². The van der Waals surface area contributed by atoms with Gasteiger partial charge in [-0.3, -0.25) is 5.10 Å². The van der Waals surface area contributed by atoms with Gasteiger partial charge in [-0.05, 0) is 36.1 Å². The largest absolute Gasteiger partial charge is 0.469 e. The van der Waals surface area contributed by atoms with Gasteiger partial charge in [0.25, 0.3) is 0 Å². The van der Waals surface area contributed by atoms with E-state index in [0.717, 1.165) is 29.3 Å². The first kappa shape index (κ1) is 14.7. The van der Waals surface area contributed by atoms with Gasteiger partial charge >= 0.3 is 0 Å². The van der Waals surface area contributed by atoms with Crippen LogP contribution in [0.1, 0.15) is 29.2 Å². The van der Waals surface area contributed by atoms with Crippen LogP contribution in [0.2, 0.25) is 0 Å². The predicted molar refractivity (Wildman–Crippen MR) is 92.2 cm³/mol. The van der Waals surface area contributed by atoms with Crippen LogP contribution in [0.15, 0.2) is 47.5 Å². The highest BCUT2D eigenvalue weighted by molar-refractivity contribution is 5.91. The highest BCUT2D eigenvalue weighted by atomic mass is 16.5. The van der Waals surface area contributed by atoms with Crippen LogP contribution < -0.4 is 4.74 Å². The number of oxazole rings is 1. The summed E-state index contributed by atoms with van der Waals surface area (Å²) in [5.74, 6) is 1.12. The highest BCUT2D eigenvalue weighted by Crippen LogP contribution is 2.36. The normalized spacial score (nSPS) is 15.7. The molecular weight excluding hydrogens is 330 g/mol. The lowest BCUT2D eigenvalue weighted by Gasteiger charge is -2.14. The molecule has 4 aromatic rings. The number of aromatic nitrogens is 4. The summed E-state index contributed by atoms with van der Waals surface area (Å²) in [6.45, 7) is 0. The third-order valence-corrected chi connectivity index (χ3v) is 4.65. The first-order chi connectivity index (χ1) is 12.8. The second-order valence-electron chi connectivity index (χ2n) is 6.18. The smallest absolute Gasteiger partial charge is 0.214 e. The standard InChI is InChI=1S/C19H13N5O2/c20-7-11-1-3-13-12(5-11)2-4-16(13)26-18-6-14-15(8-22-18)23-24-19(14)17-9-21-10-25-17/h1,3,5-6,8-10,16H,2,4H2,(H,23,24)/t16-/m0/s1. The molecule has 0 unspecified atom stereocenters. The molecular formula is C19H13N5O2. The van der Waals surface area contributed by atoms with Crippen molar-refractivity contribution in [2.24, 2.45) is 0 Å². The van der Waals surface area contributed by atoms with Gasteiger partial charge in [0, 0.05) is 11.5 Å². The summed E-state index contributed by atoms with van der Waals surface area (Å²) in [5, 5.41) is 17.1. The zero-order valence-corrected chi connectivity index (χ0v) is 13.6. The van der Waals surface area contributed by atoms with Gasteiger partial charge in [0.05, 0.1) is 29.5 Å². The molecule has 1 aliphatic carbocycles. The van der Waals surface area contributed by atoms with Crippen LogP contribution in [-0.4, -0.2) is 20.2 Å². The maximum atomic E-state index is 9.04. The van der Waals surface area contributed by atoms with Gasteiger partial charge < -0.3 is 9.15 Å². The monoisotopic (exact) mass is 343 g/mol. The topological polar surface area (TPSA) is 101 Å². The SMILES string of the molecule is N#Cc1ccc2c(c1)CC[C@@H]2Oc1cc2c(-c3cnco3)n[nH]c2cn1. The van der Waals surface area contributed by atoms with Gasteiger partial charge in [-0.15, -0.1) is 0 Å². The molecule has 0 aliphatic heterocycles. The van der Waals surface area contributed by atoms with Crippen LogP contribution in [-0.2, 0) is 6.42 Å². The van der Waals surface area contributed by atoms with Gasteiger partial charge in [-0.2, -0.15) is 10.4 Å². The van der Waals surface area contributed by atoms with Crippen molar-refractivity contribution >= 4 is 10.9 Å². The van der Waals surface area contributed by atoms with Crippen molar-refractivity contribution in [2.75, 3.05) is 0 Å². The summed E-state index contributed by atoms with van der Waals surface area (Å²) >= 11 is 0. The number of nitrogens with zero attached hydrogens (tertiary/aromatic N) is 4. The Kier molecular flexibility index (Phi) is 3.22. The third kappa shape index (κ3) is 2.31. The first-order valence-electron chi connectivity index (χ1n) is 8.24. The molecule has 7 nitrogen and oxygen atoms in total. The molecule has 1 N–H and O–H groups in total. The number of ether oxygens (including phenoxy) is 1. The van der Waals surface area contributed by atoms with E-state index >= 15 is 0 Å². The van der Waals surface area contributed by atoms with Crippen molar-refractivity contribution in [3.05, 3.63) is 59.7 Å². The lowest BCUT2D eigenvalue weighted by Crippen LogP contribution is -2.04. The fraction of sp³-hybridized carbons (Fsp3) is 0.158. The van der Waals surface area contributed by atoms with Crippen LogP contribution >= 0.6 is 0 Å². The summed E-state index contributed by atoms with van der Waals surface area (Å²) in [6, 6.07) is 9.78. The summed E-state index contributed by atoms with van der Waals surface area (Å²) in [7, 11) is 0. The number of hydrogen-bond acceptors (Lipinski definition) is 6. The Hall–Kier alpha value is -3.66. The van der Waals surface area contributed by atoms with E-state index in [-0.39, 0.29) is 6.10 Å². The lowest BCUT2D eigenvalue weighted by molar-refractivity contribution is 0.199. The Morgan fingerprint density at radius 2 is 2.23 bits per heavy atom. The minimum absolute atomic E-state index is 0.0664. The number of fused-ring (bicyclic) bond motifs is 2. The Morgan fingerprint density at radius 3 is 3.08 bits per heavy atom. The summed E-state index contributed by atoms with van der Waals surface area (Å²) in [5.41, 5.74) is 4.44. The number of H-pyrrole nitrogens is 1. The van der Waals surface area contributed by atoms with Crippen LogP contribution in [0.25, 0.3) is 22.4 Å². The Balaban J connectivity index is 1.48. The van der Waals surface area contributed by atoms with E-state index in [1.54, 1.807) is 12.4 Å². The van der Waals surface area contributed by atoms with Crippen LogP contribution in [0.3, 0.4) is 0 Å². The van der Waals surface area contributed by atoms with Crippen molar-refractivity contribution in [1.29, 1.82) is 5.26 Å². The minimum atomic E-state index is -0.0664. The Labute approximate surface area is 148 Å². The molecule has 0 amide bonds. The molecule has 1 aromatic carbocycles. The molecule has 0 fully saturated rings. The molecule has 3 aromatic heterocycles. The lowest BCUT2D eigenvalue weighted by atomic mass is 10.1. The van der Waals surface area contributed by atoms with Crippen molar-refractivity contribution in [1.82, 2.24) is 20.2 Å². The van der Waals surface area contributed by atoms with Gasteiger partial charge in [0.2, 0.25) is 5.88 Å². The number of pyridine rings is 1. The predicted octanol–water partition coefficient (Wildman–Crippen LogP) is 3.55. The van der Waals surface area contributed by atoms with Gasteiger partial charge in [0.15, 0.2) is 12.2 Å². The molecule has 126 valence electrons. The molecule has 1 aliphatic rings. The molecule has 1 atom stereocenters. The molecule has 0 saturated heterocycles. The number of aromatic amines is 1. The quantitative estimate of drug-likeness (QED) is 0.610. The average Bonchev–Trinajstić information content (AvgIpc) is 3.40. The number of rotatable bonds is 3. The maximum absolute atomic E-state index is 9.04. The molecule has 0 saturated carbocycles. The number of nitrogens with one attached hydrogen (secondary N) is 1. The number of aryl methyl sites for hydroxylation is 1. The van der Waals surface area contributed by atoms with Crippen molar-refractivity contribution in [3.63, 3.8) is 0 Å². The Bertz CT molecular complexity index is 1140. The minimum Gasteiger partial charge on any atom is -0.469 e. The van der Waals surface area contributed by atoms with E-state index in [1.165, 1.54) is 12.0 Å². The van der Waals surface area contributed by atoms with E-state index < -0.39 is 0 Å². The van der Waals surface area contributed by atoms with Crippen molar-refractivity contribution in [2.45, 2.75) is 18.9 Å². The van der Waals surface area contributed by atoms with Gasteiger partial charge in [-0.25, -0.2) is 9.97 Å². The summed E-state index contributed by atoms with van der Waals surface area (Å²) < 4.78 is 11.5. The summed E-state index contributed by atoms with van der Waals surface area (Å²) in [6.07, 6.45) is 6.39. The van der Waals surface area contributed by atoms with Crippen molar-refractivity contribution < 1.29 is 9.15 Å². The average molecular weight is 343 g/mol. The molecule has 5 rings (SSSR count).